The van der Waals surface area contributed by atoms with E-state index in [2.05, 4.69) is 5.32 Å². The highest BCUT2D eigenvalue weighted by Crippen LogP contribution is 2.25. The Kier molecular flexibility index (Phi) is 4.19. The number of anilines is 2. The first kappa shape index (κ1) is 17.0. The summed E-state index contributed by atoms with van der Waals surface area (Å²) in [6, 6.07) is 13.5. The van der Waals surface area contributed by atoms with Crippen LogP contribution in [0, 0.1) is 0 Å². The lowest BCUT2D eigenvalue weighted by Gasteiger charge is -2.17. The van der Waals surface area contributed by atoms with Crippen LogP contribution in [0.3, 0.4) is 0 Å². The Balaban J connectivity index is 1.46. The van der Waals surface area contributed by atoms with Crippen molar-refractivity contribution in [2.45, 2.75) is 12.8 Å². The maximum atomic E-state index is 12.4. The highest BCUT2D eigenvalue weighted by Gasteiger charge is 2.36. The van der Waals surface area contributed by atoms with Crippen LogP contribution in [0.25, 0.3) is 0 Å². The van der Waals surface area contributed by atoms with Gasteiger partial charge in [0.2, 0.25) is 11.8 Å². The first-order valence-electron chi connectivity index (χ1n) is 8.70. The van der Waals surface area contributed by atoms with E-state index in [1.54, 1.807) is 47.4 Å². The summed E-state index contributed by atoms with van der Waals surface area (Å²) in [5, 5.41) is 2.69. The number of hydrogen-bond acceptors (Lipinski definition) is 4. The zero-order chi connectivity index (χ0) is 19.0. The third-order valence-corrected chi connectivity index (χ3v) is 4.69. The third-order valence-electron chi connectivity index (χ3n) is 4.69. The monoisotopic (exact) mass is 363 g/mol. The predicted molar refractivity (Wildman–Crippen MR) is 98.5 cm³/mol. The first-order valence-corrected chi connectivity index (χ1v) is 8.70. The van der Waals surface area contributed by atoms with Gasteiger partial charge in [0.05, 0.1) is 11.1 Å². The van der Waals surface area contributed by atoms with E-state index in [-0.39, 0.29) is 12.5 Å². The summed E-state index contributed by atoms with van der Waals surface area (Å²) in [6.45, 7) is 0.296. The van der Waals surface area contributed by atoms with E-state index >= 15 is 0 Å². The molecule has 2 aromatic carbocycles. The van der Waals surface area contributed by atoms with Gasteiger partial charge < -0.3 is 10.2 Å². The molecular weight excluding hydrogens is 346 g/mol. The molecule has 4 amide bonds. The number of nitrogens with zero attached hydrogens (tertiary/aromatic N) is 2. The Morgan fingerprint density at radius 1 is 0.963 bits per heavy atom. The van der Waals surface area contributed by atoms with Gasteiger partial charge in [-0.25, -0.2) is 0 Å². The Morgan fingerprint density at radius 2 is 1.67 bits per heavy atom. The predicted octanol–water partition coefficient (Wildman–Crippen LogP) is 2.05. The van der Waals surface area contributed by atoms with E-state index in [1.807, 2.05) is 6.07 Å². The zero-order valence-corrected chi connectivity index (χ0v) is 14.5. The van der Waals surface area contributed by atoms with Crippen LogP contribution in [0.2, 0.25) is 0 Å². The van der Waals surface area contributed by atoms with E-state index in [0.717, 1.165) is 17.0 Å². The molecule has 2 heterocycles. The van der Waals surface area contributed by atoms with Crippen LogP contribution in [-0.4, -0.2) is 41.6 Å². The number of fused-ring (bicyclic) bond motifs is 1. The number of carbonyl (C=O) groups is 4. The molecule has 0 spiro atoms. The highest BCUT2D eigenvalue weighted by atomic mass is 16.2. The summed E-state index contributed by atoms with van der Waals surface area (Å²) in [5.41, 5.74) is 1.85. The van der Waals surface area contributed by atoms with Crippen LogP contribution in [0.15, 0.2) is 48.5 Å². The van der Waals surface area contributed by atoms with Crippen LogP contribution in [0.5, 0.6) is 0 Å². The Morgan fingerprint density at radius 3 is 2.30 bits per heavy atom. The average Bonchev–Trinajstić information content (AvgIpc) is 3.20. The number of amides is 4. The minimum atomic E-state index is -0.477. The molecule has 2 aromatic rings. The Labute approximate surface area is 155 Å². The molecule has 0 aliphatic carbocycles. The van der Waals surface area contributed by atoms with Gasteiger partial charge in [0.1, 0.15) is 6.54 Å². The summed E-state index contributed by atoms with van der Waals surface area (Å²) < 4.78 is 0. The topological polar surface area (TPSA) is 86.8 Å². The van der Waals surface area contributed by atoms with Crippen molar-refractivity contribution >= 4 is 35.0 Å². The molecule has 4 rings (SSSR count). The van der Waals surface area contributed by atoms with E-state index < -0.39 is 17.7 Å². The van der Waals surface area contributed by atoms with Gasteiger partial charge in [-0.15, -0.1) is 0 Å². The van der Waals surface area contributed by atoms with Crippen LogP contribution in [0.1, 0.15) is 33.6 Å². The molecule has 1 N–H and O–H groups in total. The van der Waals surface area contributed by atoms with Crippen molar-refractivity contribution in [3.63, 3.8) is 0 Å². The standard InChI is InChI=1S/C20H17N3O4/c24-17(12-23-19(26)15-7-1-2-8-16(15)20(23)27)21-13-5-3-6-14(11-13)22-10-4-9-18(22)25/h1-3,5-8,11H,4,9-10,12H2,(H,21,24). The number of rotatable bonds is 4. The number of hydrogen-bond donors (Lipinski definition) is 1. The maximum absolute atomic E-state index is 12.4. The van der Waals surface area contributed by atoms with Gasteiger partial charge >= 0.3 is 0 Å². The van der Waals surface area contributed by atoms with Gasteiger partial charge in [0.15, 0.2) is 0 Å². The number of nitrogens with one attached hydrogen (secondary N) is 1. The lowest BCUT2D eigenvalue weighted by molar-refractivity contribution is -0.117. The largest absolute Gasteiger partial charge is 0.324 e. The molecule has 2 aliphatic rings. The van der Waals surface area contributed by atoms with Gasteiger partial charge in [0.25, 0.3) is 11.8 Å². The van der Waals surface area contributed by atoms with Crippen LogP contribution < -0.4 is 10.2 Å². The minimum absolute atomic E-state index is 0.0597. The van der Waals surface area contributed by atoms with E-state index in [4.69, 9.17) is 0 Å². The summed E-state index contributed by atoms with van der Waals surface area (Å²) in [5.74, 6) is -1.36. The molecule has 0 atom stereocenters. The van der Waals surface area contributed by atoms with Gasteiger partial charge in [-0.1, -0.05) is 18.2 Å². The van der Waals surface area contributed by atoms with Crippen LogP contribution in [-0.2, 0) is 9.59 Å². The van der Waals surface area contributed by atoms with Crippen LogP contribution >= 0.6 is 0 Å². The van der Waals surface area contributed by atoms with Crippen molar-refractivity contribution < 1.29 is 19.2 Å². The smallest absolute Gasteiger partial charge is 0.262 e. The molecule has 0 saturated carbocycles. The molecule has 0 bridgehead atoms. The van der Waals surface area contributed by atoms with Crippen molar-refractivity contribution in [3.05, 3.63) is 59.7 Å². The van der Waals surface area contributed by atoms with Crippen molar-refractivity contribution in [1.29, 1.82) is 0 Å². The molecule has 2 aliphatic heterocycles. The summed E-state index contributed by atoms with van der Waals surface area (Å²) in [6.07, 6.45) is 1.34. The fraction of sp³-hybridized carbons (Fsp3) is 0.200. The lowest BCUT2D eigenvalue weighted by atomic mass is 10.1. The summed E-state index contributed by atoms with van der Waals surface area (Å²) in [7, 11) is 0. The quantitative estimate of drug-likeness (QED) is 0.843. The average molecular weight is 363 g/mol. The minimum Gasteiger partial charge on any atom is -0.324 e. The highest BCUT2D eigenvalue weighted by molar-refractivity contribution is 6.22. The second-order valence-electron chi connectivity index (χ2n) is 6.49. The van der Waals surface area contributed by atoms with E-state index in [9.17, 15) is 19.2 Å². The second-order valence-corrected chi connectivity index (χ2v) is 6.49. The van der Waals surface area contributed by atoms with Crippen molar-refractivity contribution in [2.24, 2.45) is 0 Å². The molecule has 7 heteroatoms. The fourth-order valence-corrected chi connectivity index (χ4v) is 3.40. The molecule has 0 radical (unpaired) electrons. The molecule has 136 valence electrons. The van der Waals surface area contributed by atoms with Crippen LogP contribution in [0.4, 0.5) is 11.4 Å². The molecule has 0 aromatic heterocycles. The molecule has 7 nitrogen and oxygen atoms in total. The Hall–Kier alpha value is -3.48. The fourth-order valence-electron chi connectivity index (χ4n) is 3.40. The second kappa shape index (κ2) is 6.68. The SMILES string of the molecule is O=C(CN1C(=O)c2ccccc2C1=O)Nc1cccc(N2CCCC2=O)c1. The lowest BCUT2D eigenvalue weighted by Crippen LogP contribution is -2.37. The van der Waals surface area contributed by atoms with Crippen molar-refractivity contribution in [2.75, 3.05) is 23.3 Å². The molecule has 0 unspecified atom stereocenters. The zero-order valence-electron chi connectivity index (χ0n) is 14.5. The number of benzene rings is 2. The van der Waals surface area contributed by atoms with Gasteiger partial charge in [0, 0.05) is 24.3 Å². The number of carbonyl (C=O) groups excluding carboxylic acids is 4. The first-order chi connectivity index (χ1) is 13.0. The Bertz CT molecular complexity index is 934. The summed E-state index contributed by atoms with van der Waals surface area (Å²) in [4.78, 5) is 51.5. The van der Waals surface area contributed by atoms with Gasteiger partial charge in [-0.3, -0.25) is 24.1 Å². The van der Waals surface area contributed by atoms with Crippen molar-refractivity contribution in [1.82, 2.24) is 4.90 Å². The third kappa shape index (κ3) is 3.08. The molecule has 1 saturated heterocycles. The molecular formula is C20H17N3O4. The molecule has 27 heavy (non-hydrogen) atoms. The van der Waals surface area contributed by atoms with Crippen molar-refractivity contribution in [3.8, 4) is 0 Å². The van der Waals surface area contributed by atoms with Gasteiger partial charge in [-0.2, -0.15) is 0 Å². The van der Waals surface area contributed by atoms with E-state index in [0.29, 0.717) is 29.8 Å². The summed E-state index contributed by atoms with van der Waals surface area (Å²) >= 11 is 0. The maximum Gasteiger partial charge on any atom is 0.262 e. The van der Waals surface area contributed by atoms with Gasteiger partial charge in [-0.05, 0) is 36.8 Å². The molecule has 1 fully saturated rings. The van der Waals surface area contributed by atoms with E-state index in [1.165, 1.54) is 0 Å². The number of imide groups is 1. The normalized spacial score (nSPS) is 16.1.